The van der Waals surface area contributed by atoms with Gasteiger partial charge in [-0.15, -0.1) is 0 Å². The molecule has 1 aromatic heterocycles. The van der Waals surface area contributed by atoms with Crippen molar-refractivity contribution in [1.82, 2.24) is 14.7 Å². The minimum absolute atomic E-state index is 0.196. The van der Waals surface area contributed by atoms with Crippen molar-refractivity contribution in [3.63, 3.8) is 0 Å². The first kappa shape index (κ1) is 19.1. The molecule has 3 aromatic rings. The number of benzene rings is 2. The Kier molecular flexibility index (Phi) is 5.28. The van der Waals surface area contributed by atoms with Crippen LogP contribution in [0.15, 0.2) is 71.8 Å². The van der Waals surface area contributed by atoms with Crippen molar-refractivity contribution >= 4 is 46.3 Å². The zero-order valence-corrected chi connectivity index (χ0v) is 16.7. The maximum absolute atomic E-state index is 12.6. The molecule has 1 aliphatic rings. The highest BCUT2D eigenvalue weighted by molar-refractivity contribution is 8.26. The zero-order valence-electron chi connectivity index (χ0n) is 15.0. The molecule has 1 amide bonds. The van der Waals surface area contributed by atoms with E-state index < -0.39 is 18.4 Å². The molecule has 8 heteroatoms. The van der Waals surface area contributed by atoms with E-state index in [1.54, 1.807) is 10.8 Å². The van der Waals surface area contributed by atoms with Gasteiger partial charge in [0.15, 0.2) is 0 Å². The fourth-order valence-corrected chi connectivity index (χ4v) is 4.18. The van der Waals surface area contributed by atoms with E-state index in [9.17, 15) is 14.7 Å². The van der Waals surface area contributed by atoms with E-state index in [1.807, 2.05) is 66.9 Å². The lowest BCUT2D eigenvalue weighted by Crippen LogP contribution is -2.40. The predicted octanol–water partition coefficient (Wildman–Crippen LogP) is 2.49. The maximum atomic E-state index is 12.6. The van der Waals surface area contributed by atoms with E-state index >= 15 is 0 Å². The van der Waals surface area contributed by atoms with Crippen LogP contribution in [0.1, 0.15) is 5.56 Å². The molecular formula is C21H14N3O3S2-. The van der Waals surface area contributed by atoms with Crippen molar-refractivity contribution in [2.75, 3.05) is 6.54 Å². The van der Waals surface area contributed by atoms with Gasteiger partial charge >= 0.3 is 0 Å². The monoisotopic (exact) mass is 420 g/mol. The lowest BCUT2D eigenvalue weighted by molar-refractivity contribution is -0.305. The predicted molar refractivity (Wildman–Crippen MR) is 114 cm³/mol. The Hall–Kier alpha value is -3.23. The summed E-state index contributed by atoms with van der Waals surface area (Å²) in [6.45, 7) is -0.559. The minimum atomic E-state index is -1.36. The fraction of sp³-hybridized carbons (Fsp3) is 0.0476. The molecule has 2 heterocycles. The highest BCUT2D eigenvalue weighted by Gasteiger charge is 2.32. The molecule has 0 N–H and O–H groups in total. The molecule has 1 saturated heterocycles. The standard InChI is InChI=1S/C21H15N3O3S2/c25-18(26)13-23-20(27)17(29-21(23)28)11-15-12-24(16-9-5-2-6-10-16)22-19(15)14-7-3-1-4-8-14/h1-12H,13H2,(H,25,26)/p-1. The molecule has 29 heavy (non-hydrogen) atoms. The number of carboxylic acid groups (broad SMARTS) is 1. The zero-order chi connectivity index (χ0) is 20.4. The summed E-state index contributed by atoms with van der Waals surface area (Å²) >= 11 is 6.22. The van der Waals surface area contributed by atoms with Gasteiger partial charge in [-0.2, -0.15) is 5.10 Å². The van der Waals surface area contributed by atoms with Crippen LogP contribution in [0.25, 0.3) is 23.0 Å². The largest absolute Gasteiger partial charge is 0.548 e. The molecule has 0 radical (unpaired) electrons. The number of amides is 1. The molecule has 4 rings (SSSR count). The number of thioether (sulfide) groups is 1. The highest BCUT2D eigenvalue weighted by Crippen LogP contribution is 2.34. The van der Waals surface area contributed by atoms with Gasteiger partial charge in [0.05, 0.1) is 28.8 Å². The Balaban J connectivity index is 1.78. The average Bonchev–Trinajstić information content (AvgIpc) is 3.26. The number of carbonyl (C=O) groups is 2. The molecule has 0 unspecified atom stereocenters. The van der Waals surface area contributed by atoms with Gasteiger partial charge in [-0.25, -0.2) is 4.68 Å². The van der Waals surface area contributed by atoms with Gasteiger partial charge in [0.2, 0.25) is 0 Å². The summed E-state index contributed by atoms with van der Waals surface area (Å²) in [6.07, 6.45) is 3.53. The molecule has 2 aromatic carbocycles. The Morgan fingerprint density at radius 3 is 2.41 bits per heavy atom. The Morgan fingerprint density at radius 1 is 1.10 bits per heavy atom. The van der Waals surface area contributed by atoms with Gasteiger partial charge in [-0.3, -0.25) is 9.69 Å². The first-order valence-corrected chi connectivity index (χ1v) is 9.91. The van der Waals surface area contributed by atoms with Crippen molar-refractivity contribution < 1.29 is 14.7 Å². The van der Waals surface area contributed by atoms with Crippen LogP contribution in [-0.4, -0.2) is 37.4 Å². The number of hydrogen-bond donors (Lipinski definition) is 0. The molecule has 1 fully saturated rings. The first-order valence-electron chi connectivity index (χ1n) is 8.68. The maximum Gasteiger partial charge on any atom is 0.266 e. The van der Waals surface area contributed by atoms with Crippen LogP contribution in [0, 0.1) is 0 Å². The SMILES string of the molecule is O=C([O-])CN1C(=O)C(=Cc2cn(-c3ccccc3)nc2-c2ccccc2)SC1=S. The molecule has 0 aliphatic carbocycles. The molecule has 1 aliphatic heterocycles. The van der Waals surface area contributed by atoms with E-state index in [4.69, 9.17) is 17.3 Å². The molecule has 0 atom stereocenters. The van der Waals surface area contributed by atoms with Gasteiger partial charge in [0.1, 0.15) is 4.32 Å². The quantitative estimate of drug-likeness (QED) is 0.466. The molecule has 0 saturated carbocycles. The van der Waals surface area contributed by atoms with Crippen molar-refractivity contribution in [2.45, 2.75) is 0 Å². The fourth-order valence-electron chi connectivity index (χ4n) is 2.93. The second kappa shape index (κ2) is 8.02. The Morgan fingerprint density at radius 2 is 1.76 bits per heavy atom. The van der Waals surface area contributed by atoms with E-state index in [0.29, 0.717) is 10.6 Å². The minimum Gasteiger partial charge on any atom is -0.548 e. The van der Waals surface area contributed by atoms with Crippen LogP contribution >= 0.6 is 24.0 Å². The molecule has 0 spiro atoms. The number of para-hydroxylation sites is 1. The Bertz CT molecular complexity index is 1120. The van der Waals surface area contributed by atoms with Crippen molar-refractivity contribution in [1.29, 1.82) is 0 Å². The van der Waals surface area contributed by atoms with Crippen molar-refractivity contribution in [3.8, 4) is 16.9 Å². The van der Waals surface area contributed by atoms with Crippen molar-refractivity contribution in [2.24, 2.45) is 0 Å². The average molecular weight is 420 g/mol. The van der Waals surface area contributed by atoms with E-state index in [2.05, 4.69) is 0 Å². The second-order valence-corrected chi connectivity index (χ2v) is 7.89. The summed E-state index contributed by atoms with van der Waals surface area (Å²) < 4.78 is 1.94. The van der Waals surface area contributed by atoms with Gasteiger partial charge in [0.25, 0.3) is 5.91 Å². The van der Waals surface area contributed by atoms with Crippen LogP contribution in [-0.2, 0) is 9.59 Å². The van der Waals surface area contributed by atoms with Gasteiger partial charge in [-0.1, -0.05) is 72.5 Å². The number of hydrogen-bond acceptors (Lipinski definition) is 6. The van der Waals surface area contributed by atoms with Crippen LogP contribution in [0.2, 0.25) is 0 Å². The van der Waals surface area contributed by atoms with Crippen LogP contribution in [0.4, 0.5) is 0 Å². The van der Waals surface area contributed by atoms with Crippen LogP contribution < -0.4 is 5.11 Å². The summed E-state index contributed by atoms with van der Waals surface area (Å²) in [6, 6.07) is 19.3. The smallest absolute Gasteiger partial charge is 0.266 e. The van der Waals surface area contributed by atoms with Gasteiger partial charge in [0, 0.05) is 17.3 Å². The summed E-state index contributed by atoms with van der Waals surface area (Å²) in [7, 11) is 0. The molecular weight excluding hydrogens is 406 g/mol. The second-order valence-electron chi connectivity index (χ2n) is 6.22. The summed E-state index contributed by atoms with van der Waals surface area (Å²) in [4.78, 5) is 24.9. The summed E-state index contributed by atoms with van der Waals surface area (Å²) in [5, 5.41) is 15.6. The van der Waals surface area contributed by atoms with Gasteiger partial charge in [-0.05, 0) is 18.2 Å². The number of carbonyl (C=O) groups excluding carboxylic acids is 2. The number of rotatable bonds is 5. The third kappa shape index (κ3) is 3.98. The van der Waals surface area contributed by atoms with Crippen LogP contribution in [0.3, 0.4) is 0 Å². The third-order valence-electron chi connectivity index (χ3n) is 4.26. The highest BCUT2D eigenvalue weighted by atomic mass is 32.2. The van der Waals surface area contributed by atoms with E-state index in [1.165, 1.54) is 0 Å². The molecule has 0 bridgehead atoms. The Labute approximate surface area is 176 Å². The lowest BCUT2D eigenvalue weighted by atomic mass is 10.1. The van der Waals surface area contributed by atoms with E-state index in [0.717, 1.165) is 33.5 Å². The van der Waals surface area contributed by atoms with E-state index in [-0.39, 0.29) is 4.32 Å². The van der Waals surface area contributed by atoms with Crippen LogP contribution in [0.5, 0.6) is 0 Å². The molecule has 6 nitrogen and oxygen atoms in total. The van der Waals surface area contributed by atoms with Gasteiger partial charge < -0.3 is 9.90 Å². The topological polar surface area (TPSA) is 78.3 Å². The third-order valence-corrected chi connectivity index (χ3v) is 5.64. The normalized spacial score (nSPS) is 15.3. The number of aliphatic carboxylic acids is 1. The lowest BCUT2D eigenvalue weighted by Gasteiger charge is -2.14. The van der Waals surface area contributed by atoms with Crippen molar-refractivity contribution in [3.05, 3.63) is 77.3 Å². The number of nitrogens with zero attached hydrogens (tertiary/aromatic N) is 3. The summed E-state index contributed by atoms with van der Waals surface area (Å²) in [5.74, 6) is -1.81. The molecule has 144 valence electrons. The number of aromatic nitrogens is 2. The number of carboxylic acids is 1. The first-order chi connectivity index (χ1) is 14.0. The number of thiocarbonyl (C=S) groups is 1. The summed E-state index contributed by atoms with van der Waals surface area (Å²) in [5.41, 5.74) is 3.22.